The Hall–Kier alpha value is 0.640. The summed E-state index contributed by atoms with van der Waals surface area (Å²) >= 11 is 0. The second-order valence-corrected chi connectivity index (χ2v) is 8.05. The van der Waals surface area contributed by atoms with Gasteiger partial charge in [0, 0.05) is 0 Å². The topological polar surface area (TPSA) is 94.8 Å². The molecule has 8 heteroatoms. The highest BCUT2D eigenvalue weighted by Crippen LogP contribution is 2.68. The van der Waals surface area contributed by atoms with Crippen molar-refractivity contribution in [1.29, 1.82) is 0 Å². The summed E-state index contributed by atoms with van der Waals surface area (Å²) in [5.74, 6) is 0. The van der Waals surface area contributed by atoms with Gasteiger partial charge in [0.2, 0.25) is 0 Å². The molecule has 0 aliphatic rings. The molecule has 48 valence electrons. The molecule has 0 bridgehead atoms. The molecule has 0 rings (SSSR count). The lowest BCUT2D eigenvalue weighted by Crippen LogP contribution is -1.59. The molecule has 0 aliphatic heterocycles. The van der Waals surface area contributed by atoms with Crippen molar-refractivity contribution >= 4 is 23.0 Å². The summed E-state index contributed by atoms with van der Waals surface area (Å²) in [6, 6.07) is 0. The zero-order valence-corrected chi connectivity index (χ0v) is 6.34. The van der Waals surface area contributed by atoms with Crippen molar-refractivity contribution in [3.63, 3.8) is 0 Å². The minimum Gasteiger partial charge on any atom is -0.319 e. The molecule has 5 nitrogen and oxygen atoms in total. The van der Waals surface area contributed by atoms with Gasteiger partial charge in [-0.2, -0.15) is 4.89 Å². The summed E-state index contributed by atoms with van der Waals surface area (Å²) < 4.78 is 19.5. The minimum absolute atomic E-state index is 1.17. The second kappa shape index (κ2) is 2.98. The van der Waals surface area contributed by atoms with Crippen molar-refractivity contribution in [3.8, 4) is 0 Å². The van der Waals surface area contributed by atoms with Crippen LogP contribution in [0.5, 0.6) is 0 Å². The summed E-state index contributed by atoms with van der Waals surface area (Å²) in [5, 5.41) is 0. The predicted octanol–water partition coefficient (Wildman–Crippen LogP) is 0.407. The van der Waals surface area contributed by atoms with Crippen LogP contribution in [0.1, 0.15) is 0 Å². The lowest BCUT2D eigenvalue weighted by Gasteiger charge is -1.86. The highest BCUT2D eigenvalue weighted by molar-refractivity contribution is 8.47. The van der Waals surface area contributed by atoms with E-state index in [4.69, 9.17) is 14.7 Å². The van der Waals surface area contributed by atoms with Gasteiger partial charge in [0.05, 0.1) is 0 Å². The molecular formula is H4O5P3+. The van der Waals surface area contributed by atoms with Gasteiger partial charge >= 0.3 is 23.0 Å². The third-order valence-corrected chi connectivity index (χ3v) is 5.83. The molecule has 3 N–H and O–H groups in total. The zero-order valence-electron chi connectivity index (χ0n) is 3.55. The Morgan fingerprint density at radius 1 is 1.50 bits per heavy atom. The van der Waals surface area contributed by atoms with Gasteiger partial charge in [0.1, 0.15) is 0 Å². The molecule has 2 atom stereocenters. The van der Waals surface area contributed by atoms with E-state index in [0.717, 1.165) is 0 Å². The first-order valence-electron chi connectivity index (χ1n) is 1.41. The van der Waals surface area contributed by atoms with Gasteiger partial charge in [-0.1, -0.05) is 0 Å². The average Bonchev–Trinajstić information content (AvgIpc) is 1.21. The summed E-state index contributed by atoms with van der Waals surface area (Å²) in [6.07, 6.45) is 0. The normalized spacial score (nSPS) is 15.1. The van der Waals surface area contributed by atoms with Crippen LogP contribution in [-0.4, -0.2) is 14.7 Å². The number of hydrogen-bond donors (Lipinski definition) is 3. The molecule has 8 heavy (non-hydrogen) atoms. The van der Waals surface area contributed by atoms with Crippen LogP contribution >= 0.6 is 23.0 Å². The van der Waals surface area contributed by atoms with Crippen molar-refractivity contribution in [2.45, 2.75) is 0 Å². The number of rotatable bonds is 2. The number of hydrogen-bond acceptors (Lipinski definition) is 2. The molecule has 0 aromatic carbocycles. The van der Waals surface area contributed by atoms with Crippen LogP contribution in [-0.2, 0) is 9.13 Å². The summed E-state index contributed by atoms with van der Waals surface area (Å²) in [7, 11) is -8.07. The van der Waals surface area contributed by atoms with Crippen LogP contribution in [0.3, 0.4) is 0 Å². The first kappa shape index (κ1) is 8.64. The molecular weight excluding hydrogens is 173 g/mol. The van der Waals surface area contributed by atoms with Crippen LogP contribution in [0.15, 0.2) is 0 Å². The SMILES string of the molecule is O=[P+](O)PP(=O)(O)O. The molecule has 0 heterocycles. The molecule has 0 saturated carbocycles. The maximum absolute atomic E-state index is 9.80. The van der Waals surface area contributed by atoms with E-state index in [0.29, 0.717) is 0 Å². The molecule has 0 fully saturated rings. The van der Waals surface area contributed by atoms with Crippen LogP contribution in [0.4, 0.5) is 0 Å². The van der Waals surface area contributed by atoms with Gasteiger partial charge in [-0.3, -0.25) is 4.57 Å². The summed E-state index contributed by atoms with van der Waals surface area (Å²) in [5.41, 5.74) is 0. The largest absolute Gasteiger partial charge is 0.530 e. The van der Waals surface area contributed by atoms with Gasteiger partial charge in [0.15, 0.2) is 0 Å². The van der Waals surface area contributed by atoms with Crippen LogP contribution in [0.2, 0.25) is 0 Å². The Balaban J connectivity index is 3.74. The van der Waals surface area contributed by atoms with Crippen molar-refractivity contribution in [2.75, 3.05) is 0 Å². The van der Waals surface area contributed by atoms with Crippen LogP contribution in [0, 0.1) is 0 Å². The highest BCUT2D eigenvalue weighted by Gasteiger charge is 2.28. The van der Waals surface area contributed by atoms with Gasteiger partial charge in [-0.25, -0.2) is 0 Å². The van der Waals surface area contributed by atoms with E-state index in [-0.39, 0.29) is 0 Å². The van der Waals surface area contributed by atoms with Crippen LogP contribution in [0.25, 0.3) is 0 Å². The van der Waals surface area contributed by atoms with E-state index in [9.17, 15) is 9.13 Å². The van der Waals surface area contributed by atoms with E-state index in [2.05, 4.69) is 0 Å². The Labute approximate surface area is 47.7 Å². The Morgan fingerprint density at radius 3 is 1.88 bits per heavy atom. The van der Waals surface area contributed by atoms with Crippen molar-refractivity contribution in [2.24, 2.45) is 0 Å². The molecule has 0 aromatic heterocycles. The molecule has 0 radical (unpaired) electrons. The maximum atomic E-state index is 9.80. The molecule has 0 saturated heterocycles. The third kappa shape index (κ3) is 6.64. The van der Waals surface area contributed by atoms with E-state index in [1.807, 2.05) is 0 Å². The first-order chi connectivity index (χ1) is 3.42. The van der Waals surface area contributed by atoms with Crippen molar-refractivity contribution in [1.82, 2.24) is 0 Å². The van der Waals surface area contributed by atoms with E-state index in [1.54, 1.807) is 0 Å². The lowest BCUT2D eigenvalue weighted by molar-refractivity contribution is 0.396. The minimum atomic E-state index is -4.23. The van der Waals surface area contributed by atoms with Gasteiger partial charge in [-0.05, 0) is 4.57 Å². The van der Waals surface area contributed by atoms with Gasteiger partial charge in [-0.15, -0.1) is 0 Å². The zero-order chi connectivity index (χ0) is 6.78. The summed E-state index contributed by atoms with van der Waals surface area (Å²) in [6.45, 7) is 0. The second-order valence-electron chi connectivity index (χ2n) is 0.917. The van der Waals surface area contributed by atoms with E-state index < -0.39 is 23.0 Å². The Kier molecular flexibility index (Phi) is 3.21. The smallest absolute Gasteiger partial charge is 0.319 e. The van der Waals surface area contributed by atoms with E-state index in [1.165, 1.54) is 0 Å². The van der Waals surface area contributed by atoms with Gasteiger partial charge < -0.3 is 9.79 Å². The Morgan fingerprint density at radius 2 is 1.88 bits per heavy atom. The Bertz CT molecular complexity index is 131. The van der Waals surface area contributed by atoms with Crippen molar-refractivity contribution < 1.29 is 23.8 Å². The molecule has 0 spiro atoms. The lowest BCUT2D eigenvalue weighted by atomic mass is 15.8. The molecule has 2 unspecified atom stereocenters. The average molecular weight is 177 g/mol. The first-order valence-corrected chi connectivity index (χ1v) is 6.92. The van der Waals surface area contributed by atoms with Crippen molar-refractivity contribution in [3.05, 3.63) is 0 Å². The predicted molar refractivity (Wildman–Crippen MR) is 30.2 cm³/mol. The fourth-order valence-corrected chi connectivity index (χ4v) is 3.01. The standard InChI is InChI=1S/H3O5P3/c1-7(2)6-8(3,4)5/h6H,(H2-,1,2,3,4,5)/p+1. The fraction of sp³-hybridized carbons (Fsp3) is 0. The molecule has 0 aliphatic carbocycles. The highest BCUT2D eigenvalue weighted by atomic mass is 32.5. The van der Waals surface area contributed by atoms with Gasteiger partial charge in [0.25, 0.3) is 0 Å². The quantitative estimate of drug-likeness (QED) is 0.530. The van der Waals surface area contributed by atoms with E-state index >= 15 is 0 Å². The third-order valence-electron chi connectivity index (χ3n) is 0.216. The van der Waals surface area contributed by atoms with Crippen LogP contribution < -0.4 is 0 Å². The molecule has 0 amide bonds. The summed E-state index contributed by atoms with van der Waals surface area (Å²) in [4.78, 5) is 23.9. The maximum Gasteiger partial charge on any atom is 0.530 e. The molecule has 0 aromatic rings. The fourth-order valence-electron chi connectivity index (χ4n) is 0.111. The monoisotopic (exact) mass is 177 g/mol.